The molecule has 1 nitrogen and oxygen atoms in total. The SMILES string of the molecule is CCCC(=O)C(Br)Cc1cc(F)c(Br)cc1F. The van der Waals surface area contributed by atoms with Gasteiger partial charge in [-0.25, -0.2) is 8.78 Å². The van der Waals surface area contributed by atoms with Gasteiger partial charge in [0, 0.05) is 6.42 Å². The largest absolute Gasteiger partial charge is 0.298 e. The van der Waals surface area contributed by atoms with Crippen LogP contribution in [0.1, 0.15) is 25.3 Å². The van der Waals surface area contributed by atoms with E-state index in [0.29, 0.717) is 6.42 Å². The van der Waals surface area contributed by atoms with Crippen molar-refractivity contribution in [3.8, 4) is 0 Å². The summed E-state index contributed by atoms with van der Waals surface area (Å²) in [6.07, 6.45) is 1.35. The van der Waals surface area contributed by atoms with E-state index >= 15 is 0 Å². The van der Waals surface area contributed by atoms with E-state index in [1.54, 1.807) is 0 Å². The Hall–Kier alpha value is -0.290. The van der Waals surface area contributed by atoms with Gasteiger partial charge < -0.3 is 0 Å². The number of benzene rings is 1. The van der Waals surface area contributed by atoms with Crippen LogP contribution in [0.4, 0.5) is 8.78 Å². The molecule has 5 heteroatoms. The molecule has 17 heavy (non-hydrogen) atoms. The van der Waals surface area contributed by atoms with Gasteiger partial charge in [0.1, 0.15) is 17.4 Å². The molecule has 0 saturated heterocycles. The fourth-order valence-corrected chi connectivity index (χ4v) is 2.32. The van der Waals surface area contributed by atoms with Gasteiger partial charge in [0.15, 0.2) is 0 Å². The Balaban J connectivity index is 2.81. The van der Waals surface area contributed by atoms with Crippen LogP contribution in [0.3, 0.4) is 0 Å². The third-order valence-electron chi connectivity index (χ3n) is 2.33. The first kappa shape index (κ1) is 14.8. The predicted molar refractivity (Wildman–Crippen MR) is 70.4 cm³/mol. The highest BCUT2D eigenvalue weighted by atomic mass is 79.9. The fourth-order valence-electron chi connectivity index (χ4n) is 1.43. The van der Waals surface area contributed by atoms with Crippen molar-refractivity contribution < 1.29 is 13.6 Å². The number of halogens is 4. The number of rotatable bonds is 5. The predicted octanol–water partition coefficient (Wildman–Crippen LogP) is 4.40. The van der Waals surface area contributed by atoms with Gasteiger partial charge in [-0.3, -0.25) is 4.79 Å². The van der Waals surface area contributed by atoms with Gasteiger partial charge in [0.05, 0.1) is 9.30 Å². The highest BCUT2D eigenvalue weighted by molar-refractivity contribution is 9.10. The van der Waals surface area contributed by atoms with Crippen molar-refractivity contribution in [3.05, 3.63) is 33.8 Å². The van der Waals surface area contributed by atoms with Gasteiger partial charge >= 0.3 is 0 Å². The summed E-state index contributed by atoms with van der Waals surface area (Å²) in [5, 5.41) is 0. The highest BCUT2D eigenvalue weighted by Crippen LogP contribution is 2.22. The van der Waals surface area contributed by atoms with E-state index in [1.165, 1.54) is 0 Å². The van der Waals surface area contributed by atoms with E-state index in [9.17, 15) is 13.6 Å². The Bertz CT molecular complexity index is 421. The summed E-state index contributed by atoms with van der Waals surface area (Å²) in [6.45, 7) is 1.90. The lowest BCUT2D eigenvalue weighted by molar-refractivity contribution is -0.118. The standard InChI is InChI=1S/C12H12Br2F2O/c1-2-3-12(17)9(14)4-7-5-11(16)8(13)6-10(7)15/h5-6,9H,2-4H2,1H3. The van der Waals surface area contributed by atoms with Crippen molar-refractivity contribution in [2.24, 2.45) is 0 Å². The first-order chi connectivity index (χ1) is 7.95. The number of alkyl halides is 1. The molecule has 0 aliphatic heterocycles. The zero-order valence-corrected chi connectivity index (χ0v) is 12.4. The second kappa shape index (κ2) is 6.59. The van der Waals surface area contributed by atoms with E-state index in [1.807, 2.05) is 6.92 Å². The van der Waals surface area contributed by atoms with Crippen molar-refractivity contribution in [1.82, 2.24) is 0 Å². The summed E-state index contributed by atoms with van der Waals surface area (Å²) in [4.78, 5) is 11.1. The molecule has 0 amide bonds. The lowest BCUT2D eigenvalue weighted by atomic mass is 10.0. The van der Waals surface area contributed by atoms with Gasteiger partial charge in [-0.15, -0.1) is 0 Å². The molecule has 0 aliphatic rings. The van der Waals surface area contributed by atoms with Crippen molar-refractivity contribution in [3.63, 3.8) is 0 Å². The van der Waals surface area contributed by atoms with Gasteiger partial charge in [-0.05, 0) is 46.5 Å². The number of Topliss-reactive ketones (excluding diaryl/α,β-unsaturated/α-hetero) is 1. The molecule has 1 aromatic carbocycles. The smallest absolute Gasteiger partial charge is 0.146 e. The van der Waals surface area contributed by atoms with Gasteiger partial charge in [-0.2, -0.15) is 0 Å². The minimum absolute atomic E-state index is 0.00947. The minimum atomic E-state index is -0.524. The molecule has 1 atom stereocenters. The molecule has 0 N–H and O–H groups in total. The third-order valence-corrected chi connectivity index (χ3v) is 3.78. The van der Waals surface area contributed by atoms with Crippen LogP contribution < -0.4 is 0 Å². The summed E-state index contributed by atoms with van der Waals surface area (Å²) >= 11 is 6.11. The molecule has 0 aromatic heterocycles. The summed E-state index contributed by atoms with van der Waals surface area (Å²) in [6, 6.07) is 2.20. The Morgan fingerprint density at radius 3 is 2.59 bits per heavy atom. The van der Waals surface area contributed by atoms with Crippen LogP contribution in [0.15, 0.2) is 16.6 Å². The molecule has 0 aliphatic carbocycles. The number of hydrogen-bond donors (Lipinski definition) is 0. The quantitative estimate of drug-likeness (QED) is 0.555. The summed E-state index contributed by atoms with van der Waals surface area (Å²) in [7, 11) is 0. The van der Waals surface area contributed by atoms with Gasteiger partial charge in [0.2, 0.25) is 0 Å². The van der Waals surface area contributed by atoms with Crippen LogP contribution in [0.2, 0.25) is 0 Å². The van der Waals surface area contributed by atoms with Crippen molar-refractivity contribution in [2.75, 3.05) is 0 Å². The second-order valence-electron chi connectivity index (χ2n) is 3.75. The Morgan fingerprint density at radius 1 is 1.35 bits per heavy atom. The first-order valence-electron chi connectivity index (χ1n) is 5.26. The summed E-state index contributed by atoms with van der Waals surface area (Å²) < 4.78 is 26.8. The van der Waals surface area contributed by atoms with Gasteiger partial charge in [0.25, 0.3) is 0 Å². The Labute approximate surface area is 116 Å². The number of ketones is 1. The molecule has 1 rings (SSSR count). The molecule has 0 heterocycles. The van der Waals surface area contributed by atoms with E-state index in [2.05, 4.69) is 31.9 Å². The van der Waals surface area contributed by atoms with Crippen molar-refractivity contribution in [1.29, 1.82) is 0 Å². The second-order valence-corrected chi connectivity index (χ2v) is 5.71. The van der Waals surface area contributed by atoms with E-state index < -0.39 is 16.5 Å². The van der Waals surface area contributed by atoms with Crippen molar-refractivity contribution >= 4 is 37.6 Å². The number of hydrogen-bond acceptors (Lipinski definition) is 1. The lowest BCUT2D eigenvalue weighted by Crippen LogP contribution is -2.17. The van der Waals surface area contributed by atoms with Crippen LogP contribution in [-0.2, 0) is 11.2 Å². The maximum absolute atomic E-state index is 13.5. The summed E-state index contributed by atoms with van der Waals surface area (Å²) in [5.74, 6) is -1.02. The Morgan fingerprint density at radius 2 is 2.00 bits per heavy atom. The molecule has 0 saturated carbocycles. The molecular formula is C12H12Br2F2O. The van der Waals surface area contributed by atoms with Crippen LogP contribution in [0, 0.1) is 11.6 Å². The first-order valence-corrected chi connectivity index (χ1v) is 6.96. The van der Waals surface area contributed by atoms with E-state index in [-0.39, 0.29) is 22.2 Å². The molecule has 0 bridgehead atoms. The Kier molecular flexibility index (Phi) is 5.73. The van der Waals surface area contributed by atoms with Gasteiger partial charge in [-0.1, -0.05) is 22.9 Å². The number of carbonyl (C=O) groups excluding carboxylic acids is 1. The fraction of sp³-hybridized carbons (Fsp3) is 0.417. The van der Waals surface area contributed by atoms with Crippen molar-refractivity contribution in [2.45, 2.75) is 31.0 Å². The molecule has 0 spiro atoms. The number of carbonyl (C=O) groups is 1. The average molecular weight is 370 g/mol. The average Bonchev–Trinajstić information content (AvgIpc) is 2.26. The van der Waals surface area contributed by atoms with Crippen LogP contribution in [-0.4, -0.2) is 10.6 Å². The minimum Gasteiger partial charge on any atom is -0.298 e. The molecule has 0 fully saturated rings. The zero-order chi connectivity index (χ0) is 13.0. The highest BCUT2D eigenvalue weighted by Gasteiger charge is 2.17. The summed E-state index contributed by atoms with van der Waals surface area (Å²) in [5.41, 5.74) is 0.206. The molecule has 0 radical (unpaired) electrons. The lowest BCUT2D eigenvalue weighted by Gasteiger charge is -2.09. The third kappa shape index (κ3) is 4.14. The monoisotopic (exact) mass is 368 g/mol. The van der Waals surface area contributed by atoms with E-state index in [4.69, 9.17) is 0 Å². The normalized spacial score (nSPS) is 12.5. The van der Waals surface area contributed by atoms with Crippen LogP contribution in [0.5, 0.6) is 0 Å². The van der Waals surface area contributed by atoms with Crippen LogP contribution in [0.25, 0.3) is 0 Å². The molecule has 94 valence electrons. The molecule has 1 unspecified atom stereocenters. The zero-order valence-electron chi connectivity index (χ0n) is 9.27. The maximum Gasteiger partial charge on any atom is 0.146 e. The molecule has 1 aromatic rings. The van der Waals surface area contributed by atoms with Crippen LogP contribution >= 0.6 is 31.9 Å². The van der Waals surface area contributed by atoms with E-state index in [0.717, 1.165) is 18.6 Å². The molecular weight excluding hydrogens is 358 g/mol. The topological polar surface area (TPSA) is 17.1 Å². The maximum atomic E-state index is 13.5.